The molecule has 118 heavy (non-hydrogen) atoms. The zero-order valence-electron chi connectivity index (χ0n) is 77.5. The Morgan fingerprint density at radius 1 is 0.229 bits per heavy atom. The van der Waals surface area contributed by atoms with Crippen molar-refractivity contribution in [3.63, 3.8) is 0 Å². The van der Waals surface area contributed by atoms with E-state index in [1.54, 1.807) is 9.80 Å². The maximum atomic E-state index is 12.0. The second-order valence-corrected chi connectivity index (χ2v) is 34.2. The van der Waals surface area contributed by atoms with Crippen LogP contribution in [0.3, 0.4) is 0 Å². The number of likely N-dealkylation sites (tertiary alicyclic amines) is 6. The minimum atomic E-state index is -0.135. The third-order valence-electron chi connectivity index (χ3n) is 23.6. The number of unbranched alkanes of at least 4 members (excludes halogenated alkanes) is 32. The molecule has 0 aromatic rings. The number of Topliss-reactive ketones (excluding diaryl/α,β-unsaturated/α-hetero) is 1. The molecule has 6 atom stereocenters. The van der Waals surface area contributed by atoms with Crippen LogP contribution < -0.4 is 26.6 Å². The Morgan fingerprint density at radius 2 is 0.432 bits per heavy atom. The summed E-state index contributed by atoms with van der Waals surface area (Å²) in [5.74, 6) is 0.684. The molecule has 5 N–H and O–H groups in total. The molecule has 23 nitrogen and oxygen atoms in total. The summed E-state index contributed by atoms with van der Waals surface area (Å²) in [6.45, 7) is 37.1. The first-order valence-corrected chi connectivity index (χ1v) is 48.7. The van der Waals surface area contributed by atoms with Crippen LogP contribution in [-0.4, -0.2) is 211 Å². The molecular formula is C95H177N11O12. The first kappa shape index (κ1) is 110. The molecule has 6 unspecified atom stereocenters. The van der Waals surface area contributed by atoms with Gasteiger partial charge in [0.1, 0.15) is 5.78 Å². The standard InChI is InChI=1S/C23H44N2O2.C19H36N2O2.C15H28N2O2.C14H26N2O2.C12H22N2O2.C12H21NO2/c1-3-5-6-7-8-9-10-11-12-13-14-15-16-17-18-25-20-21(19-22(25)26)23(27)24-4-2;1-3-5-6-7-8-9-10-11-12-13-14-21-16-17(15-18(21)22)19(23)20-4-2;1-3-5-7-8-10-17-12-13(11-14(17)18)15(19)16-9-6-4-2;1-3-5-7-9-16-11-12(10-13(16)17)14(18)15-8-6-4-2;1-3-5-6-13-12(16)10-8-11(15)14(9-10)7-4-2;1-3-5-6-7-11(14)10-8-12(15)13(4-2)9-10/h21H,3-20H2,1-2H3,(H,24,27);17H,3-16H2,1-2H3,(H,20,23);13H,3-12H2,1-2H3,(H,16,19);12H,3-11H2,1-2H3,(H,15,18);10H,3-9H2,1-2H3,(H,13,16);10H,3-9H2,1-2H3. The number of amides is 11. The molecule has 6 rings (SSSR count). The topological polar surface area (TPSA) is 284 Å². The van der Waals surface area contributed by atoms with Crippen LogP contribution in [0.2, 0.25) is 0 Å². The molecule has 0 spiro atoms. The summed E-state index contributed by atoms with van der Waals surface area (Å²) < 4.78 is 0. The zero-order valence-corrected chi connectivity index (χ0v) is 77.5. The fourth-order valence-corrected chi connectivity index (χ4v) is 15.9. The molecule has 0 radical (unpaired) electrons. The number of ketones is 1. The molecule has 0 aromatic carbocycles. The summed E-state index contributed by atoms with van der Waals surface area (Å²) in [7, 11) is 0. The fourth-order valence-electron chi connectivity index (χ4n) is 15.9. The highest BCUT2D eigenvalue weighted by atomic mass is 16.2. The van der Waals surface area contributed by atoms with E-state index in [0.29, 0.717) is 97.3 Å². The van der Waals surface area contributed by atoms with Crippen molar-refractivity contribution in [3.8, 4) is 0 Å². The van der Waals surface area contributed by atoms with Crippen LogP contribution in [0.4, 0.5) is 0 Å². The quantitative estimate of drug-likeness (QED) is 0.0355. The van der Waals surface area contributed by atoms with Crippen molar-refractivity contribution in [3.05, 3.63) is 0 Å². The van der Waals surface area contributed by atoms with E-state index in [-0.39, 0.29) is 106 Å². The zero-order chi connectivity index (χ0) is 87.4. The predicted octanol–water partition coefficient (Wildman–Crippen LogP) is 16.8. The lowest BCUT2D eigenvalue weighted by molar-refractivity contribution is -0.129. The molecule has 6 aliphatic rings. The van der Waals surface area contributed by atoms with Gasteiger partial charge in [0.05, 0.1) is 29.6 Å². The van der Waals surface area contributed by atoms with E-state index in [1.165, 1.54) is 161 Å². The van der Waals surface area contributed by atoms with Crippen molar-refractivity contribution < 1.29 is 57.5 Å². The first-order valence-electron chi connectivity index (χ1n) is 48.7. The molecule has 0 saturated carbocycles. The Balaban J connectivity index is 0.000000716. The number of hydrogen-bond acceptors (Lipinski definition) is 12. The van der Waals surface area contributed by atoms with Crippen LogP contribution in [0.15, 0.2) is 0 Å². The van der Waals surface area contributed by atoms with Crippen LogP contribution >= 0.6 is 0 Å². The lowest BCUT2D eigenvalue weighted by Gasteiger charge is -2.16. The summed E-state index contributed by atoms with van der Waals surface area (Å²) in [5, 5.41) is 14.4. The van der Waals surface area contributed by atoms with E-state index < -0.39 is 0 Å². The van der Waals surface area contributed by atoms with Gasteiger partial charge >= 0.3 is 0 Å². The minimum absolute atomic E-state index is 0.0192. The minimum Gasteiger partial charge on any atom is -0.356 e. The molecule has 0 aromatic heterocycles. The van der Waals surface area contributed by atoms with E-state index >= 15 is 0 Å². The van der Waals surface area contributed by atoms with Gasteiger partial charge in [-0.3, -0.25) is 57.5 Å². The van der Waals surface area contributed by atoms with Crippen molar-refractivity contribution in [1.29, 1.82) is 0 Å². The van der Waals surface area contributed by atoms with Crippen LogP contribution in [0.25, 0.3) is 0 Å². The van der Waals surface area contributed by atoms with Crippen molar-refractivity contribution >= 4 is 70.8 Å². The van der Waals surface area contributed by atoms with Gasteiger partial charge in [0.25, 0.3) is 0 Å². The molecule has 6 heterocycles. The summed E-state index contributed by atoms with van der Waals surface area (Å²) in [6, 6.07) is 0. The molecular weight excluding hydrogens is 1490 g/mol. The number of carbonyl (C=O) groups excluding carboxylic acids is 12. The third kappa shape index (κ3) is 50.9. The number of rotatable bonds is 59. The van der Waals surface area contributed by atoms with Gasteiger partial charge in [-0.25, -0.2) is 0 Å². The average molecular weight is 1670 g/mol. The van der Waals surface area contributed by atoms with Gasteiger partial charge in [0.15, 0.2) is 0 Å². The first-order chi connectivity index (χ1) is 57.1. The highest BCUT2D eigenvalue weighted by Crippen LogP contribution is 2.26. The number of nitrogens with one attached hydrogen (secondary N) is 5. The summed E-state index contributed by atoms with van der Waals surface area (Å²) in [6.07, 6.45) is 53.4. The summed E-state index contributed by atoms with van der Waals surface area (Å²) >= 11 is 0. The van der Waals surface area contributed by atoms with Crippen molar-refractivity contribution in [2.45, 2.75) is 391 Å². The van der Waals surface area contributed by atoms with Crippen LogP contribution in [0, 0.1) is 35.5 Å². The second kappa shape index (κ2) is 72.5. The number of hydrogen-bond donors (Lipinski definition) is 5. The van der Waals surface area contributed by atoms with Gasteiger partial charge in [-0.15, -0.1) is 0 Å². The van der Waals surface area contributed by atoms with Gasteiger partial charge in [0.2, 0.25) is 65.0 Å². The Labute approximate surface area is 718 Å². The van der Waals surface area contributed by atoms with Gasteiger partial charge in [-0.2, -0.15) is 0 Å². The van der Waals surface area contributed by atoms with E-state index in [1.807, 2.05) is 47.3 Å². The van der Waals surface area contributed by atoms with E-state index in [4.69, 9.17) is 0 Å². The Kier molecular flexibility index (Phi) is 67.5. The largest absolute Gasteiger partial charge is 0.356 e. The van der Waals surface area contributed by atoms with Crippen molar-refractivity contribution in [2.24, 2.45) is 35.5 Å². The SMILES string of the molecule is CCCCCC(=O)C1CC(=O)N(CC)C1.CCCCCCCCCCCCCCCCN1CC(C(=O)NCC)CC1=O.CCCCCCCCCCCCN1CC(C(=O)NCC)CC1=O.CCCCCCN1CC(C(=O)NCCCC)CC1=O.CCCCCN1CC(C(=O)NCCCC)CC1=O.CCCCNC(=O)C1CC(=O)N(CCC)C1. The Bertz CT molecular complexity index is 2720. The molecule has 11 amide bonds. The molecule has 6 aliphatic heterocycles. The van der Waals surface area contributed by atoms with Crippen LogP contribution in [0.1, 0.15) is 391 Å². The third-order valence-corrected chi connectivity index (χ3v) is 23.6. The molecule has 6 fully saturated rings. The molecule has 23 heteroatoms. The van der Waals surface area contributed by atoms with E-state index in [9.17, 15) is 57.5 Å². The van der Waals surface area contributed by atoms with Gasteiger partial charge < -0.3 is 56.0 Å². The predicted molar refractivity (Wildman–Crippen MR) is 480 cm³/mol. The molecule has 684 valence electrons. The van der Waals surface area contributed by atoms with Crippen molar-refractivity contribution in [1.82, 2.24) is 56.0 Å². The maximum Gasteiger partial charge on any atom is 0.225 e. The van der Waals surface area contributed by atoms with Crippen LogP contribution in [0.5, 0.6) is 0 Å². The van der Waals surface area contributed by atoms with Gasteiger partial charge in [-0.1, -0.05) is 268 Å². The van der Waals surface area contributed by atoms with Crippen LogP contribution in [-0.2, 0) is 57.5 Å². The second-order valence-electron chi connectivity index (χ2n) is 34.2. The lowest BCUT2D eigenvalue weighted by atomic mass is 9.98. The Hall–Kier alpha value is -6.16. The van der Waals surface area contributed by atoms with E-state index in [0.717, 1.165) is 162 Å². The normalized spacial score (nSPS) is 18.7. The molecule has 6 saturated heterocycles. The smallest absolute Gasteiger partial charge is 0.225 e. The van der Waals surface area contributed by atoms with Crippen molar-refractivity contribution in [2.75, 3.05) is 111 Å². The highest BCUT2D eigenvalue weighted by molar-refractivity contribution is 5.93. The summed E-state index contributed by atoms with van der Waals surface area (Å²) in [4.78, 5) is 152. The van der Waals surface area contributed by atoms with E-state index in [2.05, 4.69) is 82.0 Å². The summed E-state index contributed by atoms with van der Waals surface area (Å²) in [5.41, 5.74) is 0. The molecule has 0 bridgehead atoms. The van der Waals surface area contributed by atoms with Gasteiger partial charge in [0, 0.05) is 162 Å². The monoisotopic (exact) mass is 1660 g/mol. The fraction of sp³-hybridized carbons (Fsp3) is 0.874. The number of carbonyl (C=O) groups is 12. The molecule has 0 aliphatic carbocycles. The maximum absolute atomic E-state index is 12.0. The Morgan fingerprint density at radius 3 is 0.686 bits per heavy atom. The average Bonchev–Trinajstić information content (AvgIpc) is 1.75. The van der Waals surface area contributed by atoms with Gasteiger partial charge in [-0.05, 0) is 78.6 Å². The lowest BCUT2D eigenvalue weighted by Crippen LogP contribution is -2.33. The highest BCUT2D eigenvalue weighted by Gasteiger charge is 2.38. The number of nitrogens with zero attached hydrogens (tertiary/aromatic N) is 6.